The summed E-state index contributed by atoms with van der Waals surface area (Å²) < 4.78 is 45.0. The molecule has 31 heavy (non-hydrogen) atoms. The molecule has 2 aromatic heterocycles. The molecule has 8 nitrogen and oxygen atoms in total. The highest BCUT2D eigenvalue weighted by Crippen LogP contribution is 2.32. The minimum atomic E-state index is -4.72. The second-order valence-electron chi connectivity index (χ2n) is 6.84. The van der Waals surface area contributed by atoms with E-state index >= 15 is 0 Å². The molecule has 1 aromatic carbocycles. The van der Waals surface area contributed by atoms with Gasteiger partial charge >= 0.3 is 6.18 Å². The van der Waals surface area contributed by atoms with Crippen LogP contribution in [0.1, 0.15) is 31.6 Å². The summed E-state index contributed by atoms with van der Waals surface area (Å²) >= 11 is 1.27. The quantitative estimate of drug-likeness (QED) is 0.553. The van der Waals surface area contributed by atoms with E-state index in [2.05, 4.69) is 30.8 Å². The maximum atomic E-state index is 13.3. The topological polar surface area (TPSA) is 102 Å². The van der Waals surface area contributed by atoms with Gasteiger partial charge in [-0.25, -0.2) is 9.97 Å². The smallest absolute Gasteiger partial charge is 0.451 e. The van der Waals surface area contributed by atoms with Gasteiger partial charge in [0.1, 0.15) is 16.6 Å². The van der Waals surface area contributed by atoms with Gasteiger partial charge in [0, 0.05) is 11.4 Å². The van der Waals surface area contributed by atoms with Crippen molar-refractivity contribution in [3.8, 4) is 5.75 Å². The number of alkyl halides is 3. The van der Waals surface area contributed by atoms with Crippen molar-refractivity contribution in [3.05, 3.63) is 29.0 Å². The van der Waals surface area contributed by atoms with Crippen molar-refractivity contribution in [2.45, 2.75) is 39.4 Å². The van der Waals surface area contributed by atoms with Crippen molar-refractivity contribution in [1.29, 1.82) is 0 Å². The van der Waals surface area contributed by atoms with Crippen LogP contribution in [0.15, 0.2) is 18.2 Å². The van der Waals surface area contributed by atoms with E-state index in [-0.39, 0.29) is 17.2 Å². The highest BCUT2D eigenvalue weighted by Gasteiger charge is 2.36. The number of carbonyl (C=O) groups excluding carboxylic acids is 1. The van der Waals surface area contributed by atoms with E-state index in [0.717, 1.165) is 5.01 Å². The lowest BCUT2D eigenvalue weighted by Crippen LogP contribution is -2.34. The number of nitrogens with zero attached hydrogens (tertiary/aromatic N) is 4. The number of halogens is 3. The molecule has 0 saturated heterocycles. The molecule has 2 unspecified atom stereocenters. The lowest BCUT2D eigenvalue weighted by Gasteiger charge is -2.22. The Bertz CT molecular complexity index is 1090. The third-order valence-electron chi connectivity index (χ3n) is 4.68. The fourth-order valence-electron chi connectivity index (χ4n) is 2.71. The second kappa shape index (κ2) is 9.00. The number of nitrogens with one attached hydrogen (secondary N) is 2. The first kappa shape index (κ1) is 22.7. The first-order valence-corrected chi connectivity index (χ1v) is 10.3. The van der Waals surface area contributed by atoms with E-state index < -0.39 is 24.0 Å². The molecular weight excluding hydrogens is 433 g/mol. The first-order valence-electron chi connectivity index (χ1n) is 9.45. The number of carbonyl (C=O) groups is 1. The van der Waals surface area contributed by atoms with Crippen LogP contribution < -0.4 is 15.4 Å². The number of hydrogen-bond donors (Lipinski definition) is 2. The number of hydrogen-bond acceptors (Lipinski definition) is 8. The lowest BCUT2D eigenvalue weighted by molar-refractivity contribution is -0.144. The molecule has 0 aliphatic rings. The summed E-state index contributed by atoms with van der Waals surface area (Å²) in [5, 5.41) is 15.0. The Kier molecular flexibility index (Phi) is 6.58. The molecule has 166 valence electrons. The molecule has 0 bridgehead atoms. The number of rotatable bonds is 7. The van der Waals surface area contributed by atoms with Gasteiger partial charge in [0.2, 0.25) is 16.9 Å². The zero-order valence-electron chi connectivity index (χ0n) is 17.2. The molecule has 2 N–H and O–H groups in total. The van der Waals surface area contributed by atoms with Crippen LogP contribution in [0.25, 0.3) is 10.9 Å². The predicted molar refractivity (Wildman–Crippen MR) is 111 cm³/mol. The number of amides is 1. The van der Waals surface area contributed by atoms with Gasteiger partial charge in [0.15, 0.2) is 0 Å². The third-order valence-corrected chi connectivity index (χ3v) is 5.67. The fourth-order valence-corrected chi connectivity index (χ4v) is 3.39. The van der Waals surface area contributed by atoms with E-state index in [1.54, 1.807) is 19.9 Å². The van der Waals surface area contributed by atoms with Crippen LogP contribution in [-0.2, 0) is 17.4 Å². The summed E-state index contributed by atoms with van der Waals surface area (Å²) in [7, 11) is 1.45. The Hall–Kier alpha value is -3.02. The van der Waals surface area contributed by atoms with Gasteiger partial charge < -0.3 is 15.4 Å². The Morgan fingerprint density at radius 1 is 1.23 bits per heavy atom. The standard InChI is InChI=1S/C19H21F3N6O2S/c1-5-14-27-28-18(31-14)26-16(29)9(2)10(3)23-15-12-8-11(30-4)6-7-13(12)24-17(25-15)19(20,21)22/h6-10H,5H2,1-4H3,(H,23,24,25)(H,26,28,29). The molecule has 0 saturated carbocycles. The van der Waals surface area contributed by atoms with Gasteiger partial charge in [-0.2, -0.15) is 13.2 Å². The van der Waals surface area contributed by atoms with Crippen molar-refractivity contribution in [1.82, 2.24) is 20.2 Å². The Morgan fingerprint density at radius 3 is 2.58 bits per heavy atom. The summed E-state index contributed by atoms with van der Waals surface area (Å²) in [5.41, 5.74) is 0.107. The molecule has 3 aromatic rings. The van der Waals surface area contributed by atoms with E-state index in [1.807, 2.05) is 6.92 Å². The number of benzene rings is 1. The van der Waals surface area contributed by atoms with Crippen LogP contribution in [0.5, 0.6) is 5.75 Å². The summed E-state index contributed by atoms with van der Waals surface area (Å²) in [6, 6.07) is 3.94. The zero-order valence-corrected chi connectivity index (χ0v) is 18.1. The van der Waals surface area contributed by atoms with Crippen LogP contribution >= 0.6 is 11.3 Å². The Morgan fingerprint density at radius 2 is 1.97 bits per heavy atom. The van der Waals surface area contributed by atoms with Crippen molar-refractivity contribution in [2.24, 2.45) is 5.92 Å². The van der Waals surface area contributed by atoms with Crippen molar-refractivity contribution >= 4 is 39.1 Å². The minimum Gasteiger partial charge on any atom is -0.497 e. The molecular formula is C19H21F3N6O2S. The van der Waals surface area contributed by atoms with E-state index in [9.17, 15) is 18.0 Å². The van der Waals surface area contributed by atoms with Gasteiger partial charge in [-0.1, -0.05) is 25.2 Å². The number of methoxy groups -OCH3 is 1. The normalized spacial score (nSPS) is 13.6. The third kappa shape index (κ3) is 5.19. The summed E-state index contributed by atoms with van der Waals surface area (Å²) in [6.45, 7) is 5.27. The number of aromatic nitrogens is 4. The molecule has 0 spiro atoms. The first-order chi connectivity index (χ1) is 14.6. The van der Waals surface area contributed by atoms with Crippen molar-refractivity contribution in [2.75, 3.05) is 17.7 Å². The molecule has 0 radical (unpaired) electrons. The number of ether oxygens (including phenoxy) is 1. The molecule has 2 atom stereocenters. The molecule has 0 aliphatic carbocycles. The number of anilines is 2. The van der Waals surface area contributed by atoms with Gasteiger partial charge in [-0.15, -0.1) is 10.2 Å². The average Bonchev–Trinajstić information content (AvgIpc) is 3.19. The average molecular weight is 454 g/mol. The van der Waals surface area contributed by atoms with Gasteiger partial charge in [0.25, 0.3) is 0 Å². The highest BCUT2D eigenvalue weighted by atomic mass is 32.1. The van der Waals surface area contributed by atoms with Crippen molar-refractivity contribution < 1.29 is 22.7 Å². The van der Waals surface area contributed by atoms with E-state index in [4.69, 9.17) is 4.74 Å². The summed E-state index contributed by atoms with van der Waals surface area (Å²) in [5.74, 6) is -1.81. The second-order valence-corrected chi connectivity index (χ2v) is 7.90. The molecule has 2 heterocycles. The van der Waals surface area contributed by atoms with Gasteiger partial charge in [0.05, 0.1) is 18.5 Å². The Labute approximate surface area is 180 Å². The maximum absolute atomic E-state index is 13.3. The lowest BCUT2D eigenvalue weighted by atomic mass is 10.0. The van der Waals surface area contributed by atoms with Crippen LogP contribution in [0.3, 0.4) is 0 Å². The van der Waals surface area contributed by atoms with Crippen LogP contribution in [0.2, 0.25) is 0 Å². The highest BCUT2D eigenvalue weighted by molar-refractivity contribution is 7.15. The van der Waals surface area contributed by atoms with Crippen LogP contribution in [0.4, 0.5) is 24.1 Å². The molecule has 1 amide bonds. The maximum Gasteiger partial charge on any atom is 0.451 e. The molecule has 12 heteroatoms. The summed E-state index contributed by atoms with van der Waals surface area (Å²) in [6.07, 6.45) is -4.02. The van der Waals surface area contributed by atoms with Gasteiger partial charge in [-0.05, 0) is 31.5 Å². The fraction of sp³-hybridized carbons (Fsp3) is 0.421. The largest absolute Gasteiger partial charge is 0.497 e. The number of aryl methyl sites for hydroxylation is 1. The van der Waals surface area contributed by atoms with E-state index in [1.165, 1.54) is 30.6 Å². The molecule has 0 aliphatic heterocycles. The monoisotopic (exact) mass is 454 g/mol. The SMILES string of the molecule is CCc1nnc(NC(=O)C(C)C(C)Nc2nc(C(F)(F)F)nc3ccc(OC)cc23)s1. The molecule has 0 fully saturated rings. The molecule has 3 rings (SSSR count). The van der Waals surface area contributed by atoms with Crippen molar-refractivity contribution in [3.63, 3.8) is 0 Å². The van der Waals surface area contributed by atoms with Gasteiger partial charge in [-0.3, -0.25) is 4.79 Å². The summed E-state index contributed by atoms with van der Waals surface area (Å²) in [4.78, 5) is 19.9. The Balaban J connectivity index is 1.86. The zero-order chi connectivity index (χ0) is 22.8. The van der Waals surface area contributed by atoms with Crippen LogP contribution in [0, 0.1) is 5.92 Å². The van der Waals surface area contributed by atoms with Crippen LogP contribution in [-0.4, -0.2) is 39.2 Å². The predicted octanol–water partition coefficient (Wildman–Crippen LogP) is 4.15. The minimum absolute atomic E-state index is 0.0347. The van der Waals surface area contributed by atoms with E-state index in [0.29, 0.717) is 22.7 Å². The number of fused-ring (bicyclic) bond motifs is 1.